The fourth-order valence-electron chi connectivity index (χ4n) is 2.21. The topological polar surface area (TPSA) is 66.6 Å². The molecule has 0 spiro atoms. The van der Waals surface area contributed by atoms with Gasteiger partial charge in [0.1, 0.15) is 5.82 Å². The Morgan fingerprint density at radius 2 is 2.00 bits per heavy atom. The second-order valence-electron chi connectivity index (χ2n) is 4.89. The number of halogens is 1. The molecule has 2 N–H and O–H groups in total. The van der Waals surface area contributed by atoms with Crippen LogP contribution in [0.5, 0.6) is 0 Å². The zero-order valence-corrected chi connectivity index (χ0v) is 11.2. The lowest BCUT2D eigenvalue weighted by molar-refractivity contribution is -0.119. The fourth-order valence-corrected chi connectivity index (χ4v) is 2.21. The minimum absolute atomic E-state index is 0.00422. The minimum atomic E-state index is -0.508. The molecular formula is C14H18FN3O2. The van der Waals surface area contributed by atoms with Crippen molar-refractivity contribution in [2.75, 3.05) is 38.5 Å². The quantitative estimate of drug-likeness (QED) is 0.491. The van der Waals surface area contributed by atoms with Crippen molar-refractivity contribution < 1.29 is 14.0 Å². The molecule has 1 heterocycles. The smallest absolute Gasteiger partial charge is 0.209 e. The summed E-state index contributed by atoms with van der Waals surface area (Å²) in [5, 5.41) is 0. The molecule has 0 saturated carbocycles. The zero-order valence-electron chi connectivity index (χ0n) is 11.2. The molecule has 0 radical (unpaired) electrons. The van der Waals surface area contributed by atoms with Gasteiger partial charge in [0.2, 0.25) is 6.41 Å². The Morgan fingerprint density at radius 3 is 2.60 bits per heavy atom. The van der Waals surface area contributed by atoms with E-state index in [1.165, 1.54) is 18.2 Å². The van der Waals surface area contributed by atoms with Crippen LogP contribution in [0.25, 0.3) is 0 Å². The highest BCUT2D eigenvalue weighted by atomic mass is 19.1. The van der Waals surface area contributed by atoms with E-state index in [0.717, 1.165) is 19.5 Å². The van der Waals surface area contributed by atoms with Crippen LogP contribution in [0.1, 0.15) is 16.8 Å². The van der Waals surface area contributed by atoms with Gasteiger partial charge in [-0.1, -0.05) is 0 Å². The number of rotatable bonds is 5. The molecule has 2 rings (SSSR count). The van der Waals surface area contributed by atoms with Crippen LogP contribution in [0.3, 0.4) is 0 Å². The van der Waals surface area contributed by atoms with Crippen LogP contribution in [-0.2, 0) is 4.79 Å². The van der Waals surface area contributed by atoms with Gasteiger partial charge in [0.15, 0.2) is 5.78 Å². The third kappa shape index (κ3) is 3.54. The molecule has 20 heavy (non-hydrogen) atoms. The lowest BCUT2D eigenvalue weighted by Crippen LogP contribution is -2.46. The van der Waals surface area contributed by atoms with E-state index in [-0.39, 0.29) is 11.5 Å². The van der Waals surface area contributed by atoms with Gasteiger partial charge in [-0.25, -0.2) is 4.39 Å². The maximum atomic E-state index is 13.0. The van der Waals surface area contributed by atoms with E-state index in [4.69, 9.17) is 5.73 Å². The van der Waals surface area contributed by atoms with Crippen LogP contribution < -0.4 is 5.73 Å². The highest BCUT2D eigenvalue weighted by Crippen LogP contribution is 2.14. The average Bonchev–Trinajstić information content (AvgIpc) is 2.48. The van der Waals surface area contributed by atoms with Crippen molar-refractivity contribution in [3.05, 3.63) is 29.6 Å². The number of hydrogen-bond acceptors (Lipinski definition) is 4. The number of carbonyl (C=O) groups is 2. The highest BCUT2D eigenvalue weighted by molar-refractivity contribution is 5.96. The molecule has 6 heteroatoms. The van der Waals surface area contributed by atoms with E-state index in [0.29, 0.717) is 31.6 Å². The predicted molar refractivity (Wildman–Crippen MR) is 73.8 cm³/mol. The van der Waals surface area contributed by atoms with E-state index < -0.39 is 5.82 Å². The van der Waals surface area contributed by atoms with Crippen molar-refractivity contribution in [3.63, 3.8) is 0 Å². The van der Waals surface area contributed by atoms with Crippen molar-refractivity contribution in [2.45, 2.75) is 6.42 Å². The molecule has 108 valence electrons. The first-order chi connectivity index (χ1) is 9.60. The summed E-state index contributed by atoms with van der Waals surface area (Å²) in [6, 6.07) is 4.05. The number of carbonyl (C=O) groups excluding carboxylic acids is 2. The van der Waals surface area contributed by atoms with E-state index in [1.54, 1.807) is 4.90 Å². The van der Waals surface area contributed by atoms with Gasteiger partial charge in [0.25, 0.3) is 0 Å². The van der Waals surface area contributed by atoms with Crippen LogP contribution in [-0.4, -0.2) is 54.7 Å². The number of nitrogen functional groups attached to an aromatic ring is 1. The Hall–Kier alpha value is -1.95. The van der Waals surface area contributed by atoms with Gasteiger partial charge in [-0.15, -0.1) is 0 Å². The number of anilines is 1. The number of nitrogens with two attached hydrogens (primary N) is 1. The number of amides is 1. The van der Waals surface area contributed by atoms with Crippen LogP contribution >= 0.6 is 0 Å². The number of hydrogen-bond donors (Lipinski definition) is 1. The first kappa shape index (κ1) is 14.5. The van der Waals surface area contributed by atoms with Crippen LogP contribution in [0.15, 0.2) is 18.2 Å². The number of benzene rings is 1. The molecule has 0 unspecified atom stereocenters. The lowest BCUT2D eigenvalue weighted by Gasteiger charge is -2.32. The summed E-state index contributed by atoms with van der Waals surface area (Å²) in [4.78, 5) is 26.5. The van der Waals surface area contributed by atoms with Crippen molar-refractivity contribution in [3.8, 4) is 0 Å². The summed E-state index contributed by atoms with van der Waals surface area (Å²) in [6.45, 7) is 3.58. The Kier molecular flexibility index (Phi) is 4.68. The Morgan fingerprint density at radius 1 is 1.30 bits per heavy atom. The number of Topliss-reactive ketones (excluding diaryl/α,β-unsaturated/α-hetero) is 1. The predicted octanol–water partition coefficient (Wildman–Crippen LogP) is 0.755. The molecule has 0 aromatic heterocycles. The van der Waals surface area contributed by atoms with Crippen LogP contribution in [0.4, 0.5) is 10.1 Å². The molecule has 0 atom stereocenters. The van der Waals surface area contributed by atoms with E-state index in [9.17, 15) is 14.0 Å². The second-order valence-corrected chi connectivity index (χ2v) is 4.89. The molecule has 1 aliphatic heterocycles. The van der Waals surface area contributed by atoms with Gasteiger partial charge < -0.3 is 10.6 Å². The molecule has 1 aromatic rings. The van der Waals surface area contributed by atoms with Gasteiger partial charge >= 0.3 is 0 Å². The molecule has 1 aromatic carbocycles. The van der Waals surface area contributed by atoms with Crippen LogP contribution in [0, 0.1) is 5.82 Å². The third-order valence-corrected chi connectivity index (χ3v) is 3.53. The SMILES string of the molecule is Nc1cc(C(=O)CCN2CCN(C=O)CC2)ccc1F. The highest BCUT2D eigenvalue weighted by Gasteiger charge is 2.16. The van der Waals surface area contributed by atoms with Crippen LogP contribution in [0.2, 0.25) is 0 Å². The molecule has 0 aliphatic carbocycles. The number of piperazine rings is 1. The molecule has 5 nitrogen and oxygen atoms in total. The average molecular weight is 279 g/mol. The Bertz CT molecular complexity index is 499. The van der Waals surface area contributed by atoms with E-state index in [2.05, 4.69) is 4.90 Å². The van der Waals surface area contributed by atoms with Gasteiger partial charge in [0, 0.05) is 44.7 Å². The summed E-state index contributed by atoms with van der Waals surface area (Å²) in [5.74, 6) is -0.555. The molecule has 1 amide bonds. The van der Waals surface area contributed by atoms with Gasteiger partial charge in [0.05, 0.1) is 5.69 Å². The van der Waals surface area contributed by atoms with Crippen molar-refractivity contribution >= 4 is 17.9 Å². The number of nitrogens with zero attached hydrogens (tertiary/aromatic N) is 2. The molecule has 1 saturated heterocycles. The first-order valence-corrected chi connectivity index (χ1v) is 6.60. The number of ketones is 1. The van der Waals surface area contributed by atoms with Crippen molar-refractivity contribution in [1.29, 1.82) is 0 Å². The summed E-state index contributed by atoms with van der Waals surface area (Å²) in [7, 11) is 0. The van der Waals surface area contributed by atoms with E-state index in [1.807, 2.05) is 0 Å². The molecular weight excluding hydrogens is 261 g/mol. The van der Waals surface area contributed by atoms with Crippen molar-refractivity contribution in [2.24, 2.45) is 0 Å². The Labute approximate surface area is 117 Å². The van der Waals surface area contributed by atoms with Gasteiger partial charge in [-0.3, -0.25) is 14.5 Å². The Balaban J connectivity index is 1.83. The lowest BCUT2D eigenvalue weighted by atomic mass is 10.1. The standard InChI is InChI=1S/C14H18FN3O2/c15-12-2-1-11(9-13(12)16)14(20)3-4-17-5-7-18(10-19)8-6-17/h1-2,9-10H,3-8,16H2. The van der Waals surface area contributed by atoms with E-state index >= 15 is 0 Å². The monoisotopic (exact) mass is 279 g/mol. The largest absolute Gasteiger partial charge is 0.396 e. The zero-order chi connectivity index (χ0) is 14.5. The maximum Gasteiger partial charge on any atom is 0.209 e. The fraction of sp³-hybridized carbons (Fsp3) is 0.429. The van der Waals surface area contributed by atoms with Gasteiger partial charge in [-0.05, 0) is 18.2 Å². The maximum absolute atomic E-state index is 13.0. The second kappa shape index (κ2) is 6.47. The summed E-state index contributed by atoms with van der Waals surface area (Å²) < 4.78 is 13.0. The van der Waals surface area contributed by atoms with Crippen molar-refractivity contribution in [1.82, 2.24) is 9.80 Å². The first-order valence-electron chi connectivity index (χ1n) is 6.60. The minimum Gasteiger partial charge on any atom is -0.396 e. The normalized spacial score (nSPS) is 16.1. The summed E-state index contributed by atoms with van der Waals surface area (Å²) in [5.41, 5.74) is 5.89. The molecule has 1 fully saturated rings. The summed E-state index contributed by atoms with van der Waals surface area (Å²) in [6.07, 6.45) is 1.22. The molecule has 1 aliphatic rings. The third-order valence-electron chi connectivity index (χ3n) is 3.53. The molecule has 0 bridgehead atoms. The van der Waals surface area contributed by atoms with Gasteiger partial charge in [-0.2, -0.15) is 0 Å². The summed E-state index contributed by atoms with van der Waals surface area (Å²) >= 11 is 0.